The van der Waals surface area contributed by atoms with Crippen LogP contribution in [0.5, 0.6) is 11.5 Å². The topological polar surface area (TPSA) is 66.6 Å². The summed E-state index contributed by atoms with van der Waals surface area (Å²) in [6.07, 6.45) is 0. The molecule has 6 nitrogen and oxygen atoms in total. The van der Waals surface area contributed by atoms with Crippen LogP contribution < -0.4 is 20.3 Å². The summed E-state index contributed by atoms with van der Waals surface area (Å²) < 4.78 is 11.3. The van der Waals surface area contributed by atoms with E-state index in [2.05, 4.69) is 30.2 Å². The molecule has 3 heterocycles. The number of rotatable bonds is 6. The van der Waals surface area contributed by atoms with Crippen LogP contribution in [0.4, 0.5) is 0 Å². The number of nitrogens with zero attached hydrogens (tertiary/aromatic N) is 1. The third-order valence-corrected chi connectivity index (χ3v) is 6.08. The minimum Gasteiger partial charge on any atom is -0.486 e. The molecule has 0 atom stereocenters. The molecular weight excluding hydrogens is 418 g/mol. The van der Waals surface area contributed by atoms with Crippen molar-refractivity contribution in [1.82, 2.24) is 15.2 Å². The van der Waals surface area contributed by atoms with Gasteiger partial charge in [-0.25, -0.2) is 0 Å². The average Bonchev–Trinajstić information content (AvgIpc) is 3.23. The number of thiocarbonyl (C=S) groups is 1. The molecular formula is C22H25N3O3S2. The van der Waals surface area contributed by atoms with Crippen molar-refractivity contribution in [3.05, 3.63) is 56.5 Å². The highest BCUT2D eigenvalue weighted by Crippen LogP contribution is 2.33. The van der Waals surface area contributed by atoms with Crippen LogP contribution in [0.25, 0.3) is 10.9 Å². The van der Waals surface area contributed by atoms with Gasteiger partial charge >= 0.3 is 0 Å². The zero-order chi connectivity index (χ0) is 21.1. The van der Waals surface area contributed by atoms with Crippen LogP contribution in [0, 0.1) is 5.92 Å². The first-order valence-electron chi connectivity index (χ1n) is 10.0. The number of ether oxygens (including phenoxy) is 2. The Bertz CT molecular complexity index is 1090. The molecule has 0 amide bonds. The number of benzene rings is 1. The van der Waals surface area contributed by atoms with Crippen LogP contribution in [0.15, 0.2) is 40.5 Å². The SMILES string of the molecule is CC(C)CNC(=S)N(Cc1cccs1)Cc1cc2cc3c(cc2[nH]c1=O)OCCO3. The molecule has 0 saturated carbocycles. The van der Waals surface area contributed by atoms with Gasteiger partial charge in [0.05, 0.1) is 18.6 Å². The molecule has 2 aromatic heterocycles. The van der Waals surface area contributed by atoms with Gasteiger partial charge < -0.3 is 24.7 Å². The lowest BCUT2D eigenvalue weighted by atomic mass is 10.1. The highest BCUT2D eigenvalue weighted by Gasteiger charge is 2.17. The van der Waals surface area contributed by atoms with Gasteiger partial charge in [-0.1, -0.05) is 19.9 Å². The quantitative estimate of drug-likeness (QED) is 0.564. The van der Waals surface area contributed by atoms with Gasteiger partial charge in [0.2, 0.25) is 0 Å². The molecule has 0 radical (unpaired) electrons. The minimum atomic E-state index is -0.123. The van der Waals surface area contributed by atoms with E-state index in [4.69, 9.17) is 21.7 Å². The molecule has 1 aliphatic heterocycles. The maximum absolute atomic E-state index is 12.8. The first-order valence-corrected chi connectivity index (χ1v) is 11.3. The van der Waals surface area contributed by atoms with E-state index < -0.39 is 0 Å². The number of H-pyrrole nitrogens is 1. The van der Waals surface area contributed by atoms with E-state index in [-0.39, 0.29) is 5.56 Å². The van der Waals surface area contributed by atoms with Crippen molar-refractivity contribution < 1.29 is 9.47 Å². The molecule has 0 aliphatic carbocycles. The lowest BCUT2D eigenvalue weighted by molar-refractivity contribution is 0.172. The molecule has 2 N–H and O–H groups in total. The van der Waals surface area contributed by atoms with E-state index in [0.717, 1.165) is 17.4 Å². The number of fused-ring (bicyclic) bond motifs is 2. The lowest BCUT2D eigenvalue weighted by Gasteiger charge is -2.26. The van der Waals surface area contributed by atoms with Gasteiger partial charge in [-0.05, 0) is 41.7 Å². The van der Waals surface area contributed by atoms with E-state index in [0.29, 0.717) is 54.4 Å². The second-order valence-electron chi connectivity index (χ2n) is 7.72. The Morgan fingerprint density at radius 1 is 1.23 bits per heavy atom. The largest absolute Gasteiger partial charge is 0.486 e. The van der Waals surface area contributed by atoms with Gasteiger partial charge in [0.15, 0.2) is 16.6 Å². The first-order chi connectivity index (χ1) is 14.5. The standard InChI is InChI=1S/C22H25N3O3S2/c1-14(2)11-23-22(29)25(13-17-4-3-7-30-17)12-16-8-15-9-19-20(28-6-5-27-19)10-18(15)24-21(16)26/h3-4,7-10,14H,5-6,11-13H2,1-2H3,(H,23,29)(H,24,26). The molecule has 158 valence electrons. The van der Waals surface area contributed by atoms with Crippen LogP contribution in [0.3, 0.4) is 0 Å². The monoisotopic (exact) mass is 443 g/mol. The van der Waals surface area contributed by atoms with Gasteiger partial charge in [-0.2, -0.15) is 0 Å². The number of aromatic nitrogens is 1. The highest BCUT2D eigenvalue weighted by atomic mass is 32.1. The van der Waals surface area contributed by atoms with Crippen molar-refractivity contribution in [1.29, 1.82) is 0 Å². The Balaban J connectivity index is 1.62. The number of nitrogens with one attached hydrogen (secondary N) is 2. The van der Waals surface area contributed by atoms with Gasteiger partial charge in [0.1, 0.15) is 13.2 Å². The van der Waals surface area contributed by atoms with Crippen LogP contribution in [-0.4, -0.2) is 34.8 Å². The number of hydrogen-bond acceptors (Lipinski definition) is 5. The number of aromatic amines is 1. The van der Waals surface area contributed by atoms with E-state index in [1.54, 1.807) is 11.3 Å². The summed E-state index contributed by atoms with van der Waals surface area (Å²) in [5.41, 5.74) is 1.27. The third-order valence-electron chi connectivity index (χ3n) is 4.82. The highest BCUT2D eigenvalue weighted by molar-refractivity contribution is 7.80. The Morgan fingerprint density at radius 2 is 2.00 bits per heavy atom. The van der Waals surface area contributed by atoms with Gasteiger partial charge in [-0.3, -0.25) is 4.79 Å². The van der Waals surface area contributed by atoms with E-state index in [1.807, 2.05) is 34.5 Å². The Hall–Kier alpha value is -2.58. The summed E-state index contributed by atoms with van der Waals surface area (Å²) in [6, 6.07) is 9.77. The Morgan fingerprint density at radius 3 is 2.70 bits per heavy atom. The van der Waals surface area contributed by atoms with Gasteiger partial charge in [-0.15, -0.1) is 11.3 Å². The second-order valence-corrected chi connectivity index (χ2v) is 9.14. The van der Waals surface area contributed by atoms with Crippen LogP contribution in [-0.2, 0) is 13.1 Å². The van der Waals surface area contributed by atoms with Crippen molar-refractivity contribution >= 4 is 39.6 Å². The lowest BCUT2D eigenvalue weighted by Crippen LogP contribution is -2.41. The molecule has 3 aromatic rings. The number of hydrogen-bond donors (Lipinski definition) is 2. The normalized spacial score (nSPS) is 12.9. The fourth-order valence-electron chi connectivity index (χ4n) is 3.30. The average molecular weight is 444 g/mol. The second kappa shape index (κ2) is 9.06. The molecule has 0 fully saturated rings. The van der Waals surface area contributed by atoms with Gasteiger partial charge in [0.25, 0.3) is 5.56 Å². The summed E-state index contributed by atoms with van der Waals surface area (Å²) in [4.78, 5) is 19.0. The predicted octanol–water partition coefficient (Wildman–Crippen LogP) is 3.89. The number of pyridine rings is 1. The Kier molecular flexibility index (Phi) is 6.24. The van der Waals surface area contributed by atoms with Gasteiger partial charge in [0, 0.05) is 28.4 Å². The minimum absolute atomic E-state index is 0.123. The molecule has 0 spiro atoms. The fourth-order valence-corrected chi connectivity index (χ4v) is 4.24. The third kappa shape index (κ3) is 4.76. The zero-order valence-electron chi connectivity index (χ0n) is 17.1. The van der Waals surface area contributed by atoms with Crippen molar-refractivity contribution in [3.8, 4) is 11.5 Å². The van der Waals surface area contributed by atoms with Crippen molar-refractivity contribution in [2.45, 2.75) is 26.9 Å². The van der Waals surface area contributed by atoms with E-state index in [1.165, 1.54) is 4.88 Å². The molecule has 1 aliphatic rings. The zero-order valence-corrected chi connectivity index (χ0v) is 18.7. The van der Waals surface area contributed by atoms with Crippen LogP contribution in [0.2, 0.25) is 0 Å². The maximum atomic E-state index is 12.8. The fraction of sp³-hybridized carbons (Fsp3) is 0.364. The van der Waals surface area contributed by atoms with Crippen molar-refractivity contribution in [3.63, 3.8) is 0 Å². The summed E-state index contributed by atoms with van der Waals surface area (Å²) in [6.45, 7) is 7.18. The summed E-state index contributed by atoms with van der Waals surface area (Å²) in [5, 5.41) is 6.93. The molecule has 30 heavy (non-hydrogen) atoms. The van der Waals surface area contributed by atoms with Crippen LogP contribution in [0.1, 0.15) is 24.3 Å². The molecule has 0 unspecified atom stereocenters. The predicted molar refractivity (Wildman–Crippen MR) is 125 cm³/mol. The van der Waals surface area contributed by atoms with E-state index in [9.17, 15) is 4.79 Å². The molecule has 0 bridgehead atoms. The van der Waals surface area contributed by atoms with Crippen LogP contribution >= 0.6 is 23.6 Å². The van der Waals surface area contributed by atoms with Crippen molar-refractivity contribution in [2.75, 3.05) is 19.8 Å². The first kappa shape index (κ1) is 20.7. The molecule has 4 rings (SSSR count). The van der Waals surface area contributed by atoms with E-state index >= 15 is 0 Å². The summed E-state index contributed by atoms with van der Waals surface area (Å²) >= 11 is 7.34. The summed E-state index contributed by atoms with van der Waals surface area (Å²) in [7, 11) is 0. The number of thiophene rings is 1. The summed E-state index contributed by atoms with van der Waals surface area (Å²) in [5.74, 6) is 1.84. The molecule has 8 heteroatoms. The molecule has 1 aromatic carbocycles. The smallest absolute Gasteiger partial charge is 0.253 e. The van der Waals surface area contributed by atoms with Crippen molar-refractivity contribution in [2.24, 2.45) is 5.92 Å². The Labute approximate surface area is 184 Å². The molecule has 0 saturated heterocycles. The maximum Gasteiger partial charge on any atom is 0.253 e.